The molecular formula is C15H13NO2S2. The van der Waals surface area contributed by atoms with Crippen molar-refractivity contribution in [2.24, 2.45) is 0 Å². The van der Waals surface area contributed by atoms with Gasteiger partial charge in [0.05, 0.1) is 5.69 Å². The lowest BCUT2D eigenvalue weighted by Gasteiger charge is -2.20. The van der Waals surface area contributed by atoms with Crippen LogP contribution in [0, 0.1) is 0 Å². The fourth-order valence-electron chi connectivity index (χ4n) is 2.16. The third-order valence-electron chi connectivity index (χ3n) is 3.22. The quantitative estimate of drug-likeness (QED) is 0.739. The Kier molecular flexibility index (Phi) is 3.23. The van der Waals surface area contributed by atoms with Crippen LogP contribution in [0.2, 0.25) is 0 Å². The fraction of sp³-hybridized carbons (Fsp3) is 0.0667. The summed E-state index contributed by atoms with van der Waals surface area (Å²) in [6.45, 7) is 0. The van der Waals surface area contributed by atoms with E-state index >= 15 is 0 Å². The van der Waals surface area contributed by atoms with Crippen molar-refractivity contribution in [3.63, 3.8) is 0 Å². The van der Waals surface area contributed by atoms with Crippen molar-refractivity contribution in [1.29, 1.82) is 0 Å². The number of nitrogens with zero attached hydrogens (tertiary/aromatic N) is 1. The molecular weight excluding hydrogens is 290 g/mol. The van der Waals surface area contributed by atoms with Gasteiger partial charge in [-0.3, -0.25) is 4.31 Å². The summed E-state index contributed by atoms with van der Waals surface area (Å²) < 4.78 is 26.9. The van der Waals surface area contributed by atoms with E-state index in [4.69, 9.17) is 0 Å². The Bertz CT molecular complexity index is 834. The van der Waals surface area contributed by atoms with Gasteiger partial charge in [0.1, 0.15) is 4.21 Å². The van der Waals surface area contributed by atoms with Gasteiger partial charge in [-0.25, -0.2) is 8.42 Å². The standard InChI is InChI=1S/C15H13NO2S2/c1-16(20(17,18)15-10-5-11-19-15)14-9-4-7-12-6-2-3-8-13(12)14/h2-11H,1H3. The lowest BCUT2D eigenvalue weighted by atomic mass is 10.1. The molecule has 2 aromatic carbocycles. The van der Waals surface area contributed by atoms with Gasteiger partial charge in [0.2, 0.25) is 0 Å². The second-order valence-corrected chi connectivity index (χ2v) is 7.55. The van der Waals surface area contributed by atoms with Crippen molar-refractivity contribution in [3.8, 4) is 0 Å². The number of hydrogen-bond donors (Lipinski definition) is 0. The molecule has 0 saturated carbocycles. The molecule has 0 radical (unpaired) electrons. The average Bonchev–Trinajstić information content (AvgIpc) is 3.01. The Hall–Kier alpha value is -1.85. The maximum Gasteiger partial charge on any atom is 0.273 e. The van der Waals surface area contributed by atoms with Crippen molar-refractivity contribution in [2.45, 2.75) is 4.21 Å². The molecule has 0 saturated heterocycles. The molecule has 0 N–H and O–H groups in total. The van der Waals surface area contributed by atoms with Gasteiger partial charge in [0, 0.05) is 12.4 Å². The Morgan fingerprint density at radius 1 is 0.950 bits per heavy atom. The molecule has 0 unspecified atom stereocenters. The van der Waals surface area contributed by atoms with Crippen molar-refractivity contribution in [2.75, 3.05) is 11.4 Å². The Morgan fingerprint density at radius 2 is 1.70 bits per heavy atom. The number of benzene rings is 2. The van der Waals surface area contributed by atoms with E-state index in [1.165, 1.54) is 15.6 Å². The molecule has 1 heterocycles. The van der Waals surface area contributed by atoms with E-state index in [1.54, 1.807) is 24.6 Å². The highest BCUT2D eigenvalue weighted by molar-refractivity contribution is 7.94. The predicted octanol–water partition coefficient (Wildman–Crippen LogP) is 3.73. The highest BCUT2D eigenvalue weighted by Crippen LogP contribution is 2.30. The molecule has 0 atom stereocenters. The molecule has 3 rings (SSSR count). The molecule has 0 aliphatic carbocycles. The summed E-state index contributed by atoms with van der Waals surface area (Å²) in [7, 11) is -1.89. The smallest absolute Gasteiger partial charge is 0.268 e. The molecule has 3 aromatic rings. The second kappa shape index (κ2) is 4.92. The number of anilines is 1. The van der Waals surface area contributed by atoms with Crippen molar-refractivity contribution in [3.05, 3.63) is 60.0 Å². The van der Waals surface area contributed by atoms with Crippen LogP contribution in [0.5, 0.6) is 0 Å². The minimum atomic E-state index is -3.49. The van der Waals surface area contributed by atoms with Crippen LogP contribution in [0.15, 0.2) is 64.2 Å². The summed E-state index contributed by atoms with van der Waals surface area (Å²) >= 11 is 1.23. The van der Waals surface area contributed by atoms with E-state index < -0.39 is 10.0 Å². The molecule has 5 heteroatoms. The summed E-state index contributed by atoms with van der Waals surface area (Å²) in [6.07, 6.45) is 0. The van der Waals surface area contributed by atoms with Crippen LogP contribution in [0.3, 0.4) is 0 Å². The number of sulfonamides is 1. The van der Waals surface area contributed by atoms with E-state index in [-0.39, 0.29) is 0 Å². The van der Waals surface area contributed by atoms with Crippen LogP contribution in [0.1, 0.15) is 0 Å². The number of thiophene rings is 1. The Labute approximate surface area is 122 Å². The summed E-state index contributed by atoms with van der Waals surface area (Å²) in [5, 5.41) is 3.72. The zero-order chi connectivity index (χ0) is 14.2. The van der Waals surface area contributed by atoms with Crippen LogP contribution in [-0.2, 0) is 10.0 Å². The number of rotatable bonds is 3. The molecule has 0 bridgehead atoms. The normalized spacial score (nSPS) is 11.7. The minimum absolute atomic E-state index is 0.355. The third kappa shape index (κ3) is 2.09. The summed E-state index contributed by atoms with van der Waals surface area (Å²) in [5.74, 6) is 0. The van der Waals surface area contributed by atoms with Crippen molar-refractivity contribution < 1.29 is 8.42 Å². The number of fused-ring (bicyclic) bond motifs is 1. The first-order valence-electron chi connectivity index (χ1n) is 6.11. The maximum absolute atomic E-state index is 12.6. The first-order chi connectivity index (χ1) is 9.60. The summed E-state index contributed by atoms with van der Waals surface area (Å²) in [6, 6.07) is 16.8. The van der Waals surface area contributed by atoms with E-state index in [0.29, 0.717) is 9.90 Å². The second-order valence-electron chi connectivity index (χ2n) is 4.40. The molecule has 20 heavy (non-hydrogen) atoms. The lowest BCUT2D eigenvalue weighted by molar-refractivity contribution is 0.596. The summed E-state index contributed by atoms with van der Waals surface area (Å²) in [5.41, 5.74) is 0.691. The van der Waals surface area contributed by atoms with Crippen LogP contribution in [0.4, 0.5) is 5.69 Å². The van der Waals surface area contributed by atoms with E-state index in [9.17, 15) is 8.42 Å². The SMILES string of the molecule is CN(c1cccc2ccccc12)S(=O)(=O)c1cccs1. The fourth-order valence-corrected chi connectivity index (χ4v) is 4.53. The van der Waals surface area contributed by atoms with E-state index in [1.807, 2.05) is 42.5 Å². The van der Waals surface area contributed by atoms with Gasteiger partial charge in [-0.1, -0.05) is 42.5 Å². The van der Waals surface area contributed by atoms with Crippen LogP contribution in [-0.4, -0.2) is 15.5 Å². The Morgan fingerprint density at radius 3 is 2.45 bits per heavy atom. The monoisotopic (exact) mass is 303 g/mol. The van der Waals surface area contributed by atoms with Gasteiger partial charge in [-0.2, -0.15) is 0 Å². The van der Waals surface area contributed by atoms with Gasteiger partial charge in [0.25, 0.3) is 10.0 Å². The molecule has 102 valence electrons. The van der Waals surface area contributed by atoms with Gasteiger partial charge in [0.15, 0.2) is 0 Å². The third-order valence-corrected chi connectivity index (χ3v) is 6.36. The number of hydrogen-bond acceptors (Lipinski definition) is 3. The molecule has 3 nitrogen and oxygen atoms in total. The van der Waals surface area contributed by atoms with Crippen molar-refractivity contribution in [1.82, 2.24) is 0 Å². The molecule has 0 fully saturated rings. The van der Waals surface area contributed by atoms with E-state index in [2.05, 4.69) is 0 Å². The first kappa shape index (κ1) is 13.1. The molecule has 0 aliphatic heterocycles. The maximum atomic E-state index is 12.6. The van der Waals surface area contributed by atoms with E-state index in [0.717, 1.165) is 10.8 Å². The molecule has 1 aromatic heterocycles. The highest BCUT2D eigenvalue weighted by atomic mass is 32.2. The van der Waals surface area contributed by atoms with Crippen LogP contribution >= 0.6 is 11.3 Å². The first-order valence-corrected chi connectivity index (χ1v) is 8.43. The predicted molar refractivity (Wildman–Crippen MR) is 83.9 cm³/mol. The average molecular weight is 303 g/mol. The van der Waals surface area contributed by atoms with Crippen molar-refractivity contribution >= 4 is 37.8 Å². The van der Waals surface area contributed by atoms with Crippen LogP contribution in [0.25, 0.3) is 10.8 Å². The molecule has 0 spiro atoms. The highest BCUT2D eigenvalue weighted by Gasteiger charge is 2.23. The van der Waals surface area contributed by atoms with Crippen LogP contribution < -0.4 is 4.31 Å². The van der Waals surface area contributed by atoms with Gasteiger partial charge < -0.3 is 0 Å². The zero-order valence-corrected chi connectivity index (χ0v) is 12.5. The zero-order valence-electron chi connectivity index (χ0n) is 10.9. The topological polar surface area (TPSA) is 37.4 Å². The molecule has 0 aliphatic rings. The van der Waals surface area contributed by atoms with Gasteiger partial charge >= 0.3 is 0 Å². The largest absolute Gasteiger partial charge is 0.273 e. The van der Waals surface area contributed by atoms with Gasteiger partial charge in [-0.15, -0.1) is 11.3 Å². The lowest BCUT2D eigenvalue weighted by Crippen LogP contribution is -2.25. The van der Waals surface area contributed by atoms with Gasteiger partial charge in [-0.05, 0) is 22.9 Å². The minimum Gasteiger partial charge on any atom is -0.268 e. The molecule has 0 amide bonds. The Balaban J connectivity index is 2.17. The summed E-state index contributed by atoms with van der Waals surface area (Å²) in [4.78, 5) is 0.